The maximum absolute atomic E-state index is 4.81. The quantitative estimate of drug-likeness (QED) is 0.403. The molecule has 0 radical (unpaired) electrons. The van der Waals surface area contributed by atoms with Crippen LogP contribution < -0.4 is 5.32 Å². The maximum atomic E-state index is 4.81. The minimum absolute atomic E-state index is 0. The van der Waals surface area contributed by atoms with Crippen LogP contribution in [0.1, 0.15) is 24.5 Å². The van der Waals surface area contributed by atoms with Gasteiger partial charge in [0.15, 0.2) is 5.96 Å². The highest BCUT2D eigenvalue weighted by Gasteiger charge is 2.24. The standard InChI is InChI=1S/C20H29N5.HI/c1-3-21-20(22-10-12-25-15-17(2)14-23-25)24-11-9-19(16-24)13-18-7-5-4-6-8-18;/h4-8,14-15,19H,3,9-13,16H2,1-2H3,(H,21,22);1H. The highest BCUT2D eigenvalue weighted by molar-refractivity contribution is 14.0. The zero-order valence-electron chi connectivity index (χ0n) is 15.8. The number of aliphatic imine (C=N–C) groups is 1. The van der Waals surface area contributed by atoms with Crippen LogP contribution in [0.25, 0.3) is 0 Å². The van der Waals surface area contributed by atoms with E-state index in [1.54, 1.807) is 0 Å². The third-order valence-electron chi connectivity index (χ3n) is 4.64. The Morgan fingerprint density at radius 2 is 2.12 bits per heavy atom. The first-order chi connectivity index (χ1) is 12.2. The Labute approximate surface area is 173 Å². The van der Waals surface area contributed by atoms with Gasteiger partial charge in [0.1, 0.15) is 0 Å². The fourth-order valence-corrected chi connectivity index (χ4v) is 3.41. The number of hydrogen-bond donors (Lipinski definition) is 1. The van der Waals surface area contributed by atoms with Crippen LogP contribution in [0, 0.1) is 12.8 Å². The van der Waals surface area contributed by atoms with Crippen molar-refractivity contribution in [3.05, 3.63) is 53.9 Å². The first-order valence-electron chi connectivity index (χ1n) is 9.31. The summed E-state index contributed by atoms with van der Waals surface area (Å²) in [7, 11) is 0. The molecule has 3 rings (SSSR count). The van der Waals surface area contributed by atoms with Gasteiger partial charge in [0.2, 0.25) is 0 Å². The molecule has 2 aromatic rings. The Bertz CT molecular complexity index is 683. The van der Waals surface area contributed by atoms with Crippen molar-refractivity contribution >= 4 is 29.9 Å². The van der Waals surface area contributed by atoms with Crippen molar-refractivity contribution in [2.24, 2.45) is 10.9 Å². The Balaban J connectivity index is 0.00000243. The smallest absolute Gasteiger partial charge is 0.193 e. The van der Waals surface area contributed by atoms with E-state index in [2.05, 4.69) is 65.7 Å². The van der Waals surface area contributed by atoms with E-state index in [9.17, 15) is 0 Å². The highest BCUT2D eigenvalue weighted by atomic mass is 127. The second kappa shape index (κ2) is 10.5. The molecule has 1 aromatic heterocycles. The summed E-state index contributed by atoms with van der Waals surface area (Å²) < 4.78 is 1.96. The van der Waals surface area contributed by atoms with Gasteiger partial charge in [-0.2, -0.15) is 5.10 Å². The first kappa shape index (κ1) is 20.7. The largest absolute Gasteiger partial charge is 0.357 e. The molecule has 1 unspecified atom stereocenters. The van der Waals surface area contributed by atoms with Gasteiger partial charge in [0, 0.05) is 25.8 Å². The second-order valence-electron chi connectivity index (χ2n) is 6.81. The van der Waals surface area contributed by atoms with Crippen LogP contribution in [0.5, 0.6) is 0 Å². The van der Waals surface area contributed by atoms with Crippen LogP contribution in [0.4, 0.5) is 0 Å². The molecule has 0 bridgehead atoms. The molecular formula is C20H30IN5. The number of likely N-dealkylation sites (tertiary alicyclic amines) is 1. The normalized spacial score (nSPS) is 17.2. The van der Waals surface area contributed by atoms with E-state index in [1.165, 1.54) is 17.5 Å². The number of halogens is 1. The third-order valence-corrected chi connectivity index (χ3v) is 4.64. The van der Waals surface area contributed by atoms with Crippen LogP contribution in [0.2, 0.25) is 0 Å². The lowest BCUT2D eigenvalue weighted by atomic mass is 9.99. The molecule has 0 aliphatic carbocycles. The van der Waals surface area contributed by atoms with Crippen molar-refractivity contribution < 1.29 is 0 Å². The van der Waals surface area contributed by atoms with Crippen molar-refractivity contribution in [2.45, 2.75) is 33.2 Å². The minimum atomic E-state index is 0. The Morgan fingerprint density at radius 3 is 2.81 bits per heavy atom. The number of nitrogens with zero attached hydrogens (tertiary/aromatic N) is 4. The molecule has 0 spiro atoms. The van der Waals surface area contributed by atoms with Crippen molar-refractivity contribution in [3.63, 3.8) is 0 Å². The van der Waals surface area contributed by atoms with E-state index in [0.717, 1.165) is 45.1 Å². The van der Waals surface area contributed by atoms with Gasteiger partial charge in [0.25, 0.3) is 0 Å². The van der Waals surface area contributed by atoms with Crippen LogP contribution in [0.15, 0.2) is 47.7 Å². The molecule has 5 nitrogen and oxygen atoms in total. The van der Waals surface area contributed by atoms with Crippen molar-refractivity contribution in [1.29, 1.82) is 0 Å². The van der Waals surface area contributed by atoms with E-state index < -0.39 is 0 Å². The molecule has 6 heteroatoms. The van der Waals surface area contributed by atoms with Crippen LogP contribution in [-0.4, -0.2) is 46.8 Å². The Morgan fingerprint density at radius 1 is 1.31 bits per heavy atom. The first-order valence-corrected chi connectivity index (χ1v) is 9.31. The summed E-state index contributed by atoms with van der Waals surface area (Å²) in [5.41, 5.74) is 2.63. The number of guanidine groups is 1. The number of hydrogen-bond acceptors (Lipinski definition) is 2. The van der Waals surface area contributed by atoms with Crippen LogP contribution in [-0.2, 0) is 13.0 Å². The molecule has 0 amide bonds. The molecular weight excluding hydrogens is 437 g/mol. The van der Waals surface area contributed by atoms with Gasteiger partial charge in [-0.25, -0.2) is 0 Å². The van der Waals surface area contributed by atoms with Crippen molar-refractivity contribution in [2.75, 3.05) is 26.2 Å². The van der Waals surface area contributed by atoms with Crippen molar-refractivity contribution in [3.8, 4) is 0 Å². The van der Waals surface area contributed by atoms with Crippen LogP contribution >= 0.6 is 24.0 Å². The van der Waals surface area contributed by atoms with E-state index in [-0.39, 0.29) is 24.0 Å². The lowest BCUT2D eigenvalue weighted by Crippen LogP contribution is -2.40. The second-order valence-corrected chi connectivity index (χ2v) is 6.81. The molecule has 1 aliphatic heterocycles. The summed E-state index contributed by atoms with van der Waals surface area (Å²) in [5.74, 6) is 1.75. The van der Waals surface area contributed by atoms with Gasteiger partial charge in [-0.1, -0.05) is 30.3 Å². The van der Waals surface area contributed by atoms with Gasteiger partial charge < -0.3 is 10.2 Å². The van der Waals surface area contributed by atoms with Gasteiger partial charge in [0.05, 0.1) is 19.3 Å². The predicted octanol–water partition coefficient (Wildman–Crippen LogP) is 3.34. The van der Waals surface area contributed by atoms with E-state index in [1.807, 2.05) is 10.9 Å². The summed E-state index contributed by atoms with van der Waals surface area (Å²) in [4.78, 5) is 7.22. The SMILES string of the molecule is CCNC(=NCCn1cc(C)cn1)N1CCC(Cc2ccccc2)C1.I. The average Bonchev–Trinajstić information content (AvgIpc) is 3.24. The molecule has 26 heavy (non-hydrogen) atoms. The zero-order chi connectivity index (χ0) is 17.5. The minimum Gasteiger partial charge on any atom is -0.357 e. The topological polar surface area (TPSA) is 45.5 Å². The molecule has 2 heterocycles. The zero-order valence-corrected chi connectivity index (χ0v) is 18.1. The summed E-state index contributed by atoms with van der Waals surface area (Å²) in [6.07, 6.45) is 6.35. The molecule has 1 saturated heterocycles. The third kappa shape index (κ3) is 6.00. The Hall–Kier alpha value is -1.57. The maximum Gasteiger partial charge on any atom is 0.193 e. The summed E-state index contributed by atoms with van der Waals surface area (Å²) >= 11 is 0. The van der Waals surface area contributed by atoms with Gasteiger partial charge in [-0.15, -0.1) is 24.0 Å². The number of aromatic nitrogens is 2. The Kier molecular flexibility index (Phi) is 8.41. The van der Waals surface area contributed by atoms with Gasteiger partial charge >= 0.3 is 0 Å². The molecule has 1 atom stereocenters. The van der Waals surface area contributed by atoms with E-state index in [0.29, 0.717) is 5.92 Å². The summed E-state index contributed by atoms with van der Waals surface area (Å²) in [6, 6.07) is 10.8. The fourth-order valence-electron chi connectivity index (χ4n) is 3.41. The molecule has 1 aliphatic rings. The summed E-state index contributed by atoms with van der Waals surface area (Å²) in [5, 5.41) is 7.78. The number of nitrogens with one attached hydrogen (secondary N) is 1. The number of benzene rings is 1. The lowest BCUT2D eigenvalue weighted by molar-refractivity contribution is 0.458. The van der Waals surface area contributed by atoms with Gasteiger partial charge in [-0.05, 0) is 43.7 Å². The molecule has 0 saturated carbocycles. The number of rotatable bonds is 6. The molecule has 142 valence electrons. The molecule has 1 fully saturated rings. The van der Waals surface area contributed by atoms with Gasteiger partial charge in [-0.3, -0.25) is 9.67 Å². The predicted molar refractivity (Wildman–Crippen MR) is 118 cm³/mol. The van der Waals surface area contributed by atoms with Crippen molar-refractivity contribution in [1.82, 2.24) is 20.0 Å². The number of aryl methyl sites for hydroxylation is 1. The summed E-state index contributed by atoms with van der Waals surface area (Å²) in [6.45, 7) is 8.84. The molecule has 1 aromatic carbocycles. The van der Waals surface area contributed by atoms with E-state index >= 15 is 0 Å². The molecule has 1 N–H and O–H groups in total. The highest BCUT2D eigenvalue weighted by Crippen LogP contribution is 2.20. The average molecular weight is 467 g/mol. The fraction of sp³-hybridized carbons (Fsp3) is 0.500. The van der Waals surface area contributed by atoms with Crippen LogP contribution in [0.3, 0.4) is 0 Å². The van der Waals surface area contributed by atoms with E-state index in [4.69, 9.17) is 4.99 Å². The lowest BCUT2D eigenvalue weighted by Gasteiger charge is -2.21. The monoisotopic (exact) mass is 467 g/mol.